The molecular weight excluding hydrogens is 226 g/mol. The Morgan fingerprint density at radius 3 is 2.44 bits per heavy atom. The van der Waals surface area contributed by atoms with E-state index in [1.807, 2.05) is 6.92 Å². The fourth-order valence-corrected chi connectivity index (χ4v) is 2.37. The van der Waals surface area contributed by atoms with Crippen molar-refractivity contribution in [3.8, 4) is 0 Å². The highest BCUT2D eigenvalue weighted by molar-refractivity contribution is 5.81. The maximum atomic E-state index is 11.9. The van der Waals surface area contributed by atoms with Crippen molar-refractivity contribution in [2.24, 2.45) is 11.7 Å². The molecule has 1 aliphatic rings. The van der Waals surface area contributed by atoms with Crippen molar-refractivity contribution in [1.29, 1.82) is 0 Å². The highest BCUT2D eigenvalue weighted by atomic mass is 16.2. The number of amides is 1. The van der Waals surface area contributed by atoms with Crippen LogP contribution in [0.4, 0.5) is 0 Å². The number of likely N-dealkylation sites (tertiary alicyclic amines) is 1. The van der Waals surface area contributed by atoms with E-state index in [4.69, 9.17) is 5.73 Å². The summed E-state index contributed by atoms with van der Waals surface area (Å²) in [5.41, 5.74) is 5.91. The molecule has 0 aromatic heterocycles. The second-order valence-electron chi connectivity index (χ2n) is 5.60. The summed E-state index contributed by atoms with van der Waals surface area (Å²) < 4.78 is 0. The smallest absolute Gasteiger partial charge is 0.237 e. The maximum Gasteiger partial charge on any atom is 0.237 e. The number of nitrogens with zero attached hydrogens (tertiary/aromatic N) is 1. The van der Waals surface area contributed by atoms with Crippen LogP contribution in [-0.4, -0.2) is 42.5 Å². The van der Waals surface area contributed by atoms with Crippen LogP contribution in [0.3, 0.4) is 0 Å². The summed E-state index contributed by atoms with van der Waals surface area (Å²) >= 11 is 0. The minimum absolute atomic E-state index is 0.00629. The van der Waals surface area contributed by atoms with Crippen LogP contribution < -0.4 is 11.1 Å². The average Bonchev–Trinajstić information content (AvgIpc) is 2.43. The van der Waals surface area contributed by atoms with Gasteiger partial charge in [-0.05, 0) is 38.8 Å². The molecule has 1 fully saturated rings. The zero-order chi connectivity index (χ0) is 13.5. The SMILES string of the molecule is CCC(C)[C@H](N)C(=O)NCC(C)N1CCCCC1. The first-order valence-corrected chi connectivity index (χ1v) is 7.33. The van der Waals surface area contributed by atoms with Crippen molar-refractivity contribution in [2.45, 2.75) is 58.5 Å². The van der Waals surface area contributed by atoms with Crippen molar-refractivity contribution in [3.63, 3.8) is 0 Å². The van der Waals surface area contributed by atoms with Gasteiger partial charge in [0, 0.05) is 12.6 Å². The van der Waals surface area contributed by atoms with Gasteiger partial charge in [-0.25, -0.2) is 0 Å². The van der Waals surface area contributed by atoms with E-state index in [0.29, 0.717) is 12.6 Å². The van der Waals surface area contributed by atoms with E-state index in [2.05, 4.69) is 24.1 Å². The monoisotopic (exact) mass is 255 g/mol. The lowest BCUT2D eigenvalue weighted by Gasteiger charge is -2.32. The summed E-state index contributed by atoms with van der Waals surface area (Å²) in [4.78, 5) is 14.3. The van der Waals surface area contributed by atoms with E-state index in [0.717, 1.165) is 19.5 Å². The lowest BCUT2D eigenvalue weighted by molar-refractivity contribution is -0.123. The van der Waals surface area contributed by atoms with Crippen molar-refractivity contribution in [1.82, 2.24) is 10.2 Å². The van der Waals surface area contributed by atoms with E-state index < -0.39 is 0 Å². The van der Waals surface area contributed by atoms with E-state index in [1.165, 1.54) is 19.3 Å². The lowest BCUT2D eigenvalue weighted by Crippen LogP contribution is -2.49. The molecule has 3 atom stereocenters. The lowest BCUT2D eigenvalue weighted by atomic mass is 9.99. The van der Waals surface area contributed by atoms with Crippen LogP contribution in [0.25, 0.3) is 0 Å². The molecule has 0 aromatic rings. The van der Waals surface area contributed by atoms with Crippen LogP contribution in [0, 0.1) is 5.92 Å². The second-order valence-corrected chi connectivity index (χ2v) is 5.60. The quantitative estimate of drug-likeness (QED) is 0.753. The molecule has 0 aliphatic carbocycles. The van der Waals surface area contributed by atoms with Crippen LogP contribution in [-0.2, 0) is 4.79 Å². The Morgan fingerprint density at radius 1 is 1.28 bits per heavy atom. The normalized spacial score (nSPS) is 22.2. The van der Waals surface area contributed by atoms with Crippen molar-refractivity contribution < 1.29 is 4.79 Å². The number of rotatable bonds is 6. The first kappa shape index (κ1) is 15.4. The summed E-state index contributed by atoms with van der Waals surface area (Å²) in [7, 11) is 0. The standard InChI is InChI=1S/C14H29N3O/c1-4-11(2)13(15)14(18)16-10-12(3)17-8-6-5-7-9-17/h11-13H,4-10,15H2,1-3H3,(H,16,18)/t11?,12?,13-/m0/s1. The molecule has 4 heteroatoms. The van der Waals surface area contributed by atoms with E-state index >= 15 is 0 Å². The highest BCUT2D eigenvalue weighted by Crippen LogP contribution is 2.11. The van der Waals surface area contributed by atoms with E-state index in [9.17, 15) is 4.79 Å². The summed E-state index contributed by atoms with van der Waals surface area (Å²) in [5, 5.41) is 2.99. The van der Waals surface area contributed by atoms with Gasteiger partial charge in [0.15, 0.2) is 0 Å². The molecule has 18 heavy (non-hydrogen) atoms. The van der Waals surface area contributed by atoms with Crippen LogP contribution in [0.1, 0.15) is 46.5 Å². The number of carbonyl (C=O) groups excluding carboxylic acids is 1. The first-order chi connectivity index (χ1) is 8.56. The predicted octanol–water partition coefficient (Wildman–Crippen LogP) is 1.35. The Hall–Kier alpha value is -0.610. The molecule has 106 valence electrons. The predicted molar refractivity (Wildman–Crippen MR) is 75.3 cm³/mol. The molecule has 1 heterocycles. The minimum atomic E-state index is -0.372. The fourth-order valence-electron chi connectivity index (χ4n) is 2.37. The Kier molecular flexibility index (Phi) is 6.65. The molecule has 0 aromatic carbocycles. The number of nitrogens with two attached hydrogens (primary N) is 1. The van der Waals surface area contributed by atoms with Gasteiger partial charge >= 0.3 is 0 Å². The average molecular weight is 255 g/mol. The Bertz CT molecular complexity index is 251. The molecular formula is C14H29N3O. The topological polar surface area (TPSA) is 58.4 Å². The number of hydrogen-bond acceptors (Lipinski definition) is 3. The minimum Gasteiger partial charge on any atom is -0.353 e. The van der Waals surface area contributed by atoms with Gasteiger partial charge in [0.05, 0.1) is 6.04 Å². The van der Waals surface area contributed by atoms with E-state index in [-0.39, 0.29) is 17.9 Å². The summed E-state index contributed by atoms with van der Waals surface area (Å²) in [6.07, 6.45) is 4.85. The van der Waals surface area contributed by atoms with E-state index in [1.54, 1.807) is 0 Å². The third-order valence-electron chi connectivity index (χ3n) is 4.15. The molecule has 1 amide bonds. The zero-order valence-corrected chi connectivity index (χ0v) is 12.1. The van der Waals surface area contributed by atoms with Gasteiger partial charge in [0.25, 0.3) is 0 Å². The third-order valence-corrected chi connectivity index (χ3v) is 4.15. The van der Waals surface area contributed by atoms with Gasteiger partial charge in [-0.3, -0.25) is 9.69 Å². The summed E-state index contributed by atoms with van der Waals surface area (Å²) in [6, 6.07) is 0.0435. The third kappa shape index (κ3) is 4.58. The van der Waals surface area contributed by atoms with Crippen LogP contribution in [0.5, 0.6) is 0 Å². The fraction of sp³-hybridized carbons (Fsp3) is 0.929. The number of nitrogens with one attached hydrogen (secondary N) is 1. The Balaban J connectivity index is 2.28. The molecule has 4 nitrogen and oxygen atoms in total. The number of piperidine rings is 1. The van der Waals surface area contributed by atoms with Crippen molar-refractivity contribution in [3.05, 3.63) is 0 Å². The molecule has 0 spiro atoms. The summed E-state index contributed by atoms with van der Waals surface area (Å²) in [6.45, 7) is 9.30. The molecule has 0 saturated carbocycles. The Morgan fingerprint density at radius 2 is 1.89 bits per heavy atom. The molecule has 3 N–H and O–H groups in total. The van der Waals surface area contributed by atoms with Gasteiger partial charge in [0.2, 0.25) is 5.91 Å². The van der Waals surface area contributed by atoms with Crippen LogP contribution in [0.2, 0.25) is 0 Å². The van der Waals surface area contributed by atoms with Gasteiger partial charge in [-0.2, -0.15) is 0 Å². The molecule has 0 radical (unpaired) electrons. The molecule has 1 saturated heterocycles. The van der Waals surface area contributed by atoms with Crippen LogP contribution in [0.15, 0.2) is 0 Å². The zero-order valence-electron chi connectivity index (χ0n) is 12.1. The second kappa shape index (κ2) is 7.74. The molecule has 0 bridgehead atoms. The van der Waals surface area contributed by atoms with Crippen molar-refractivity contribution >= 4 is 5.91 Å². The first-order valence-electron chi connectivity index (χ1n) is 7.33. The summed E-state index contributed by atoms with van der Waals surface area (Å²) in [5.74, 6) is 0.239. The Labute approximate surface area is 111 Å². The largest absolute Gasteiger partial charge is 0.353 e. The maximum absolute atomic E-state index is 11.9. The molecule has 2 unspecified atom stereocenters. The molecule has 1 aliphatic heterocycles. The van der Waals surface area contributed by atoms with Gasteiger partial charge in [0.1, 0.15) is 0 Å². The van der Waals surface area contributed by atoms with Crippen LogP contribution >= 0.6 is 0 Å². The van der Waals surface area contributed by atoms with Gasteiger partial charge in [-0.15, -0.1) is 0 Å². The van der Waals surface area contributed by atoms with Gasteiger partial charge in [-0.1, -0.05) is 26.7 Å². The molecule has 1 rings (SSSR count). The number of hydrogen-bond donors (Lipinski definition) is 2. The van der Waals surface area contributed by atoms with Crippen molar-refractivity contribution in [2.75, 3.05) is 19.6 Å². The highest BCUT2D eigenvalue weighted by Gasteiger charge is 2.21. The van der Waals surface area contributed by atoms with Gasteiger partial charge < -0.3 is 11.1 Å². The number of carbonyl (C=O) groups is 1.